The van der Waals surface area contributed by atoms with Crippen molar-refractivity contribution < 1.29 is 9.90 Å². The molecule has 3 rings (SSSR count). The van der Waals surface area contributed by atoms with E-state index in [4.69, 9.17) is 5.11 Å². The van der Waals surface area contributed by atoms with Crippen molar-refractivity contribution in [1.29, 1.82) is 0 Å². The highest BCUT2D eigenvalue weighted by atomic mass is 16.4. The smallest absolute Gasteiger partial charge is 0.306 e. The Morgan fingerprint density at radius 1 is 1.21 bits per heavy atom. The van der Waals surface area contributed by atoms with E-state index in [-0.39, 0.29) is 5.92 Å². The molecular formula is C15H20N2O2. The fourth-order valence-corrected chi connectivity index (χ4v) is 3.32. The van der Waals surface area contributed by atoms with Crippen LogP contribution in [0.1, 0.15) is 25.7 Å². The van der Waals surface area contributed by atoms with Gasteiger partial charge in [0.2, 0.25) is 0 Å². The van der Waals surface area contributed by atoms with Crippen molar-refractivity contribution in [2.45, 2.75) is 31.7 Å². The standard InChI is InChI=1S/C15H20N2O2/c18-15(19)11-5-7-12(8-6-11)17-10-9-16-13-3-1-2-4-14(13)17/h1-4,11-12,16H,5-10H2,(H,18,19). The van der Waals surface area contributed by atoms with Crippen molar-refractivity contribution >= 4 is 17.3 Å². The molecule has 0 atom stereocenters. The van der Waals surface area contributed by atoms with Crippen molar-refractivity contribution in [1.82, 2.24) is 0 Å². The van der Waals surface area contributed by atoms with E-state index in [1.54, 1.807) is 0 Å². The van der Waals surface area contributed by atoms with E-state index in [1.165, 1.54) is 11.4 Å². The Morgan fingerprint density at radius 3 is 2.68 bits per heavy atom. The summed E-state index contributed by atoms with van der Waals surface area (Å²) < 4.78 is 0. The second kappa shape index (κ2) is 5.11. The maximum absolute atomic E-state index is 11.0. The zero-order chi connectivity index (χ0) is 13.2. The molecule has 0 spiro atoms. The Labute approximate surface area is 113 Å². The summed E-state index contributed by atoms with van der Waals surface area (Å²) in [5.41, 5.74) is 2.47. The van der Waals surface area contributed by atoms with Gasteiger partial charge in [-0.1, -0.05) is 12.1 Å². The molecule has 1 aliphatic heterocycles. The number of carbonyl (C=O) groups is 1. The summed E-state index contributed by atoms with van der Waals surface area (Å²) in [5.74, 6) is -0.756. The van der Waals surface area contributed by atoms with E-state index in [0.717, 1.165) is 38.8 Å². The van der Waals surface area contributed by atoms with Gasteiger partial charge in [-0.3, -0.25) is 4.79 Å². The summed E-state index contributed by atoms with van der Waals surface area (Å²) in [6.07, 6.45) is 3.61. The normalized spacial score (nSPS) is 26.4. The highest BCUT2D eigenvalue weighted by Gasteiger charge is 2.31. The van der Waals surface area contributed by atoms with Gasteiger partial charge in [-0.25, -0.2) is 0 Å². The van der Waals surface area contributed by atoms with Gasteiger partial charge in [0.1, 0.15) is 0 Å². The lowest BCUT2D eigenvalue weighted by Crippen LogP contribution is -2.44. The minimum absolute atomic E-state index is 0.130. The van der Waals surface area contributed by atoms with Crippen LogP contribution in [0.4, 0.5) is 11.4 Å². The molecule has 4 heteroatoms. The number of para-hydroxylation sites is 2. The summed E-state index contributed by atoms with van der Waals surface area (Å²) in [6.45, 7) is 1.98. The maximum atomic E-state index is 11.0. The molecule has 0 saturated heterocycles. The largest absolute Gasteiger partial charge is 0.481 e. The first-order valence-corrected chi connectivity index (χ1v) is 7.08. The lowest BCUT2D eigenvalue weighted by atomic mass is 9.85. The lowest BCUT2D eigenvalue weighted by Gasteiger charge is -2.41. The zero-order valence-electron chi connectivity index (χ0n) is 11.0. The third-order valence-corrected chi connectivity index (χ3v) is 4.37. The Morgan fingerprint density at radius 2 is 1.95 bits per heavy atom. The molecule has 0 aromatic heterocycles. The number of benzene rings is 1. The number of nitrogens with zero attached hydrogens (tertiary/aromatic N) is 1. The predicted molar refractivity (Wildman–Crippen MR) is 75.7 cm³/mol. The molecule has 1 aromatic rings. The number of rotatable bonds is 2. The maximum Gasteiger partial charge on any atom is 0.306 e. The van der Waals surface area contributed by atoms with Gasteiger partial charge in [0, 0.05) is 19.1 Å². The second-order valence-corrected chi connectivity index (χ2v) is 5.48. The number of carboxylic acids is 1. The van der Waals surface area contributed by atoms with Gasteiger partial charge in [0.25, 0.3) is 0 Å². The topological polar surface area (TPSA) is 52.6 Å². The van der Waals surface area contributed by atoms with Gasteiger partial charge in [-0.05, 0) is 37.8 Å². The van der Waals surface area contributed by atoms with E-state index < -0.39 is 5.97 Å². The molecule has 0 radical (unpaired) electrons. The number of aliphatic carboxylic acids is 1. The lowest BCUT2D eigenvalue weighted by molar-refractivity contribution is -0.142. The average Bonchev–Trinajstić information content (AvgIpc) is 2.47. The van der Waals surface area contributed by atoms with Crippen LogP contribution in [-0.4, -0.2) is 30.2 Å². The molecule has 1 fully saturated rings. The molecule has 4 nitrogen and oxygen atoms in total. The van der Waals surface area contributed by atoms with Gasteiger partial charge in [0.05, 0.1) is 17.3 Å². The fraction of sp³-hybridized carbons (Fsp3) is 0.533. The summed E-state index contributed by atoms with van der Waals surface area (Å²) in [4.78, 5) is 13.5. The monoisotopic (exact) mass is 260 g/mol. The quantitative estimate of drug-likeness (QED) is 0.858. The first kappa shape index (κ1) is 12.3. The molecule has 1 aliphatic carbocycles. The van der Waals surface area contributed by atoms with Crippen LogP contribution >= 0.6 is 0 Å². The summed E-state index contributed by atoms with van der Waals surface area (Å²) >= 11 is 0. The number of fused-ring (bicyclic) bond motifs is 1. The SMILES string of the molecule is O=C(O)C1CCC(N2CCNc3ccccc32)CC1. The highest BCUT2D eigenvalue weighted by molar-refractivity contribution is 5.73. The number of nitrogens with one attached hydrogen (secondary N) is 1. The molecular weight excluding hydrogens is 240 g/mol. The molecule has 19 heavy (non-hydrogen) atoms. The third kappa shape index (κ3) is 2.39. The molecule has 1 saturated carbocycles. The van der Waals surface area contributed by atoms with Crippen LogP contribution in [0.5, 0.6) is 0 Å². The predicted octanol–water partition coefficient (Wildman–Crippen LogP) is 2.56. The van der Waals surface area contributed by atoms with Crippen LogP contribution in [0.15, 0.2) is 24.3 Å². The average molecular weight is 260 g/mol. The van der Waals surface area contributed by atoms with Crippen molar-refractivity contribution in [3.63, 3.8) is 0 Å². The third-order valence-electron chi connectivity index (χ3n) is 4.37. The van der Waals surface area contributed by atoms with Crippen molar-refractivity contribution in [2.75, 3.05) is 23.3 Å². The van der Waals surface area contributed by atoms with Crippen LogP contribution in [0.2, 0.25) is 0 Å². The molecule has 1 heterocycles. The van der Waals surface area contributed by atoms with Crippen molar-refractivity contribution in [3.05, 3.63) is 24.3 Å². The molecule has 2 aliphatic rings. The van der Waals surface area contributed by atoms with Crippen LogP contribution in [0, 0.1) is 5.92 Å². The Balaban J connectivity index is 1.73. The van der Waals surface area contributed by atoms with E-state index in [2.05, 4.69) is 34.5 Å². The summed E-state index contributed by atoms with van der Waals surface area (Å²) in [5, 5.41) is 12.5. The first-order valence-electron chi connectivity index (χ1n) is 7.08. The second-order valence-electron chi connectivity index (χ2n) is 5.48. The van der Waals surface area contributed by atoms with E-state index in [9.17, 15) is 4.79 Å². The Hall–Kier alpha value is -1.71. The molecule has 1 aromatic carbocycles. The number of carboxylic acid groups (broad SMARTS) is 1. The van der Waals surface area contributed by atoms with Crippen molar-refractivity contribution in [2.24, 2.45) is 5.92 Å². The Bertz CT molecular complexity index is 467. The highest BCUT2D eigenvalue weighted by Crippen LogP contribution is 2.35. The van der Waals surface area contributed by atoms with Crippen LogP contribution in [-0.2, 0) is 4.79 Å². The van der Waals surface area contributed by atoms with Gasteiger partial charge in [-0.15, -0.1) is 0 Å². The van der Waals surface area contributed by atoms with Crippen LogP contribution < -0.4 is 10.2 Å². The first-order chi connectivity index (χ1) is 9.25. The fourth-order valence-electron chi connectivity index (χ4n) is 3.32. The summed E-state index contributed by atoms with van der Waals surface area (Å²) in [6, 6.07) is 8.90. The Kier molecular flexibility index (Phi) is 3.32. The van der Waals surface area contributed by atoms with Crippen LogP contribution in [0.25, 0.3) is 0 Å². The molecule has 0 bridgehead atoms. The zero-order valence-corrected chi connectivity index (χ0v) is 11.0. The van der Waals surface area contributed by atoms with Gasteiger partial charge < -0.3 is 15.3 Å². The molecule has 0 amide bonds. The van der Waals surface area contributed by atoms with Gasteiger partial charge >= 0.3 is 5.97 Å². The van der Waals surface area contributed by atoms with Gasteiger partial charge in [-0.2, -0.15) is 0 Å². The van der Waals surface area contributed by atoms with Gasteiger partial charge in [0.15, 0.2) is 0 Å². The minimum atomic E-state index is -0.626. The van der Waals surface area contributed by atoms with E-state index in [0.29, 0.717) is 6.04 Å². The van der Waals surface area contributed by atoms with E-state index in [1.807, 2.05) is 0 Å². The molecule has 0 unspecified atom stereocenters. The minimum Gasteiger partial charge on any atom is -0.481 e. The number of hydrogen-bond donors (Lipinski definition) is 2. The van der Waals surface area contributed by atoms with Crippen molar-refractivity contribution in [3.8, 4) is 0 Å². The van der Waals surface area contributed by atoms with E-state index >= 15 is 0 Å². The van der Waals surface area contributed by atoms with Crippen LogP contribution in [0.3, 0.4) is 0 Å². The summed E-state index contributed by atoms with van der Waals surface area (Å²) in [7, 11) is 0. The number of anilines is 2. The number of hydrogen-bond acceptors (Lipinski definition) is 3. The molecule has 102 valence electrons. The molecule has 2 N–H and O–H groups in total.